The van der Waals surface area contributed by atoms with Gasteiger partial charge in [-0.1, -0.05) is 6.92 Å². The number of nitrogens with zero attached hydrogens (tertiary/aromatic N) is 1. The number of hydrogen-bond donors (Lipinski definition) is 2. The van der Waals surface area contributed by atoms with Crippen LogP contribution < -0.4 is 4.72 Å². The Labute approximate surface area is 141 Å². The molecule has 1 saturated heterocycles. The zero-order valence-electron chi connectivity index (χ0n) is 13.5. The van der Waals surface area contributed by atoms with Crippen molar-refractivity contribution >= 4 is 27.3 Å². The van der Waals surface area contributed by atoms with E-state index in [1.165, 1.54) is 11.3 Å². The maximum atomic E-state index is 11.8. The highest BCUT2D eigenvalue weighted by molar-refractivity contribution is 7.89. The van der Waals surface area contributed by atoms with Gasteiger partial charge in [-0.25, -0.2) is 17.9 Å². The number of piperidine rings is 1. The Balaban J connectivity index is 1.86. The minimum Gasteiger partial charge on any atom is -0.477 e. The zero-order chi connectivity index (χ0) is 17.0. The van der Waals surface area contributed by atoms with E-state index >= 15 is 0 Å². The van der Waals surface area contributed by atoms with Crippen LogP contribution in [0.25, 0.3) is 0 Å². The molecule has 0 aromatic carbocycles. The fourth-order valence-electron chi connectivity index (χ4n) is 2.81. The molecule has 0 bridgehead atoms. The summed E-state index contributed by atoms with van der Waals surface area (Å²) in [6.07, 6.45) is 2.20. The van der Waals surface area contributed by atoms with E-state index in [4.69, 9.17) is 5.11 Å². The van der Waals surface area contributed by atoms with Crippen molar-refractivity contribution in [2.24, 2.45) is 0 Å². The first-order chi connectivity index (χ1) is 10.8. The lowest BCUT2D eigenvalue weighted by Crippen LogP contribution is -2.44. The lowest BCUT2D eigenvalue weighted by molar-refractivity contribution is 0.0702. The van der Waals surface area contributed by atoms with Crippen LogP contribution in [0.15, 0.2) is 6.07 Å². The van der Waals surface area contributed by atoms with Gasteiger partial charge in [-0.2, -0.15) is 0 Å². The molecule has 0 spiro atoms. The lowest BCUT2D eigenvalue weighted by Gasteiger charge is -2.32. The standard InChI is InChI=1S/C15H24N2O4S2/c1-3-8-23(20,21)16-13-4-6-17(7-5-13)10-12-9-14(15(18)19)22-11(12)2/h9,13,16H,3-8,10H2,1-2H3,(H,18,19). The molecule has 6 nitrogen and oxygen atoms in total. The summed E-state index contributed by atoms with van der Waals surface area (Å²) in [5, 5.41) is 9.05. The monoisotopic (exact) mass is 360 g/mol. The first-order valence-electron chi connectivity index (χ1n) is 7.85. The first kappa shape index (κ1) is 18.4. The van der Waals surface area contributed by atoms with Crippen LogP contribution >= 0.6 is 11.3 Å². The van der Waals surface area contributed by atoms with Crippen LogP contribution in [-0.2, 0) is 16.6 Å². The van der Waals surface area contributed by atoms with Crippen molar-refractivity contribution in [3.05, 3.63) is 21.4 Å². The van der Waals surface area contributed by atoms with Crippen molar-refractivity contribution < 1.29 is 18.3 Å². The third-order valence-electron chi connectivity index (χ3n) is 4.03. The molecule has 130 valence electrons. The smallest absolute Gasteiger partial charge is 0.345 e. The largest absolute Gasteiger partial charge is 0.477 e. The Morgan fingerprint density at radius 2 is 2.09 bits per heavy atom. The van der Waals surface area contributed by atoms with E-state index in [1.807, 2.05) is 13.8 Å². The molecule has 2 N–H and O–H groups in total. The van der Waals surface area contributed by atoms with E-state index in [2.05, 4.69) is 9.62 Å². The fraction of sp³-hybridized carbons (Fsp3) is 0.667. The number of nitrogens with one attached hydrogen (secondary N) is 1. The second-order valence-corrected chi connectivity index (χ2v) is 9.11. The Bertz CT molecular complexity index is 646. The van der Waals surface area contributed by atoms with Gasteiger partial charge in [-0.15, -0.1) is 11.3 Å². The van der Waals surface area contributed by atoms with Crippen LogP contribution in [0.1, 0.15) is 46.3 Å². The quantitative estimate of drug-likeness (QED) is 0.777. The van der Waals surface area contributed by atoms with Gasteiger partial charge in [0.1, 0.15) is 4.88 Å². The van der Waals surface area contributed by atoms with Crippen LogP contribution in [0.4, 0.5) is 0 Å². The van der Waals surface area contributed by atoms with E-state index in [-0.39, 0.29) is 11.8 Å². The Morgan fingerprint density at radius 3 is 2.61 bits per heavy atom. The van der Waals surface area contributed by atoms with E-state index in [0.717, 1.165) is 42.9 Å². The summed E-state index contributed by atoms with van der Waals surface area (Å²) < 4.78 is 26.4. The summed E-state index contributed by atoms with van der Waals surface area (Å²) >= 11 is 1.31. The molecule has 2 rings (SSSR count). The molecule has 1 aromatic heterocycles. The Morgan fingerprint density at radius 1 is 1.43 bits per heavy atom. The van der Waals surface area contributed by atoms with Gasteiger partial charge in [0.15, 0.2) is 0 Å². The van der Waals surface area contributed by atoms with Crippen molar-refractivity contribution in [2.45, 2.75) is 45.7 Å². The van der Waals surface area contributed by atoms with E-state index in [1.54, 1.807) is 6.07 Å². The molecule has 2 heterocycles. The number of likely N-dealkylation sites (tertiary alicyclic amines) is 1. The summed E-state index contributed by atoms with van der Waals surface area (Å²) in [4.78, 5) is 14.7. The number of carbonyl (C=O) groups is 1. The van der Waals surface area contributed by atoms with Gasteiger partial charge < -0.3 is 5.11 Å². The molecule has 1 aromatic rings. The summed E-state index contributed by atoms with van der Waals surface area (Å²) in [6.45, 7) is 6.16. The van der Waals surface area contributed by atoms with Crippen LogP contribution in [0.5, 0.6) is 0 Å². The number of hydrogen-bond acceptors (Lipinski definition) is 5. The van der Waals surface area contributed by atoms with E-state index in [9.17, 15) is 13.2 Å². The molecule has 1 fully saturated rings. The van der Waals surface area contributed by atoms with Crippen molar-refractivity contribution in [2.75, 3.05) is 18.8 Å². The van der Waals surface area contributed by atoms with Crippen molar-refractivity contribution in [3.63, 3.8) is 0 Å². The predicted octanol–water partition coefficient (Wildman–Crippen LogP) is 2.05. The van der Waals surface area contributed by atoms with Crippen molar-refractivity contribution in [3.8, 4) is 0 Å². The number of carboxylic acids is 1. The van der Waals surface area contributed by atoms with E-state index in [0.29, 0.717) is 11.3 Å². The summed E-state index contributed by atoms with van der Waals surface area (Å²) in [5.41, 5.74) is 1.05. The summed E-state index contributed by atoms with van der Waals surface area (Å²) in [6, 6.07) is 1.76. The van der Waals surface area contributed by atoms with E-state index < -0.39 is 16.0 Å². The van der Waals surface area contributed by atoms with Crippen LogP contribution in [0.3, 0.4) is 0 Å². The average Bonchev–Trinajstić information content (AvgIpc) is 2.82. The van der Waals surface area contributed by atoms with Gasteiger partial charge in [0, 0.05) is 30.6 Å². The molecule has 23 heavy (non-hydrogen) atoms. The molecule has 0 amide bonds. The first-order valence-corrected chi connectivity index (χ1v) is 10.3. The third kappa shape index (κ3) is 5.27. The maximum absolute atomic E-state index is 11.8. The van der Waals surface area contributed by atoms with Crippen molar-refractivity contribution in [1.82, 2.24) is 9.62 Å². The topological polar surface area (TPSA) is 86.7 Å². The van der Waals surface area contributed by atoms with Gasteiger partial charge in [0.2, 0.25) is 10.0 Å². The van der Waals surface area contributed by atoms with Gasteiger partial charge in [0.25, 0.3) is 0 Å². The van der Waals surface area contributed by atoms with Gasteiger partial charge in [-0.05, 0) is 37.8 Å². The summed E-state index contributed by atoms with van der Waals surface area (Å²) in [7, 11) is -3.15. The number of carboxylic acid groups (broad SMARTS) is 1. The number of sulfonamides is 1. The average molecular weight is 361 g/mol. The minimum absolute atomic E-state index is 0.0148. The number of aromatic carboxylic acids is 1. The van der Waals surface area contributed by atoms with Crippen LogP contribution in [0, 0.1) is 6.92 Å². The highest BCUT2D eigenvalue weighted by Crippen LogP contribution is 2.24. The predicted molar refractivity (Wildman–Crippen MR) is 91.5 cm³/mol. The Hall–Kier alpha value is -0.960. The van der Waals surface area contributed by atoms with Gasteiger partial charge in [0.05, 0.1) is 5.75 Å². The number of rotatable bonds is 7. The highest BCUT2D eigenvalue weighted by atomic mass is 32.2. The van der Waals surface area contributed by atoms with Crippen molar-refractivity contribution in [1.29, 1.82) is 0 Å². The SMILES string of the molecule is CCCS(=O)(=O)NC1CCN(Cc2cc(C(=O)O)sc2C)CC1. The highest BCUT2D eigenvalue weighted by Gasteiger charge is 2.24. The number of thiophene rings is 1. The molecule has 0 aliphatic carbocycles. The second-order valence-electron chi connectivity index (χ2n) is 5.98. The van der Waals surface area contributed by atoms with Gasteiger partial charge in [-0.3, -0.25) is 4.90 Å². The molecule has 0 unspecified atom stereocenters. The second kappa shape index (κ2) is 7.74. The maximum Gasteiger partial charge on any atom is 0.345 e. The molecule has 1 aliphatic rings. The zero-order valence-corrected chi connectivity index (χ0v) is 15.2. The molecular formula is C15H24N2O4S2. The normalized spacial score (nSPS) is 17.5. The molecule has 1 aliphatic heterocycles. The Kier molecular flexibility index (Phi) is 6.19. The molecular weight excluding hydrogens is 336 g/mol. The molecule has 0 saturated carbocycles. The van der Waals surface area contributed by atoms with Crippen LogP contribution in [-0.4, -0.2) is 49.3 Å². The third-order valence-corrected chi connectivity index (χ3v) is 6.75. The fourth-order valence-corrected chi connectivity index (χ4v) is 5.09. The number of aryl methyl sites for hydroxylation is 1. The molecule has 0 radical (unpaired) electrons. The molecule has 0 atom stereocenters. The molecule has 8 heteroatoms. The lowest BCUT2D eigenvalue weighted by atomic mass is 10.1. The van der Waals surface area contributed by atoms with Gasteiger partial charge >= 0.3 is 5.97 Å². The van der Waals surface area contributed by atoms with Crippen LogP contribution in [0.2, 0.25) is 0 Å². The minimum atomic E-state index is -3.15. The summed E-state index contributed by atoms with van der Waals surface area (Å²) in [5.74, 6) is -0.701.